The molecule has 3 aromatic carbocycles. The lowest BCUT2D eigenvalue weighted by atomic mass is 9.83. The molecule has 0 aliphatic heterocycles. The minimum absolute atomic E-state index is 0.121. The van der Waals surface area contributed by atoms with Crippen molar-refractivity contribution in [3.8, 4) is 11.1 Å². The van der Waals surface area contributed by atoms with Crippen LogP contribution in [-0.2, 0) is 4.79 Å². The zero-order chi connectivity index (χ0) is 27.2. The van der Waals surface area contributed by atoms with E-state index in [1.165, 1.54) is 12.1 Å². The number of carboxylic acids is 1. The van der Waals surface area contributed by atoms with Gasteiger partial charge < -0.3 is 21.1 Å². The summed E-state index contributed by atoms with van der Waals surface area (Å²) in [7, 11) is 0. The van der Waals surface area contributed by atoms with E-state index < -0.39 is 23.9 Å². The van der Waals surface area contributed by atoms with Crippen molar-refractivity contribution in [1.29, 1.82) is 0 Å². The fourth-order valence-corrected chi connectivity index (χ4v) is 5.56. The highest BCUT2D eigenvalue weighted by Crippen LogP contribution is 2.34. The summed E-state index contributed by atoms with van der Waals surface area (Å²) in [4.78, 5) is 38.4. The Morgan fingerprint density at radius 2 is 1.47 bits per heavy atom. The summed E-state index contributed by atoms with van der Waals surface area (Å²) in [5.74, 6) is -1.83. The topological polar surface area (TPSA) is 108 Å². The number of aliphatic carboxylic acids is 1. The Kier molecular flexibility index (Phi) is 9.15. The molecule has 7 nitrogen and oxygen atoms in total. The van der Waals surface area contributed by atoms with E-state index in [0.717, 1.165) is 43.2 Å². The summed E-state index contributed by atoms with van der Waals surface area (Å²) < 4.78 is 0. The van der Waals surface area contributed by atoms with Crippen molar-refractivity contribution in [3.63, 3.8) is 0 Å². The number of anilines is 2. The molecule has 4 N–H and O–H groups in total. The Morgan fingerprint density at radius 3 is 2.11 bits per heavy atom. The van der Waals surface area contributed by atoms with E-state index in [1.807, 2.05) is 30.3 Å². The van der Waals surface area contributed by atoms with Crippen molar-refractivity contribution in [1.82, 2.24) is 5.32 Å². The van der Waals surface area contributed by atoms with Crippen LogP contribution in [0.5, 0.6) is 0 Å². The lowest BCUT2D eigenvalue weighted by Gasteiger charge is -2.28. The molecular formula is C28H26Cl3N3O4. The molecule has 1 aliphatic carbocycles. The van der Waals surface area contributed by atoms with Gasteiger partial charge in [-0.25, -0.2) is 9.59 Å². The predicted octanol–water partition coefficient (Wildman–Crippen LogP) is 7.72. The van der Waals surface area contributed by atoms with E-state index in [1.54, 1.807) is 18.2 Å². The Morgan fingerprint density at radius 1 is 0.816 bits per heavy atom. The third-order valence-electron chi connectivity index (χ3n) is 6.54. The van der Waals surface area contributed by atoms with Crippen LogP contribution in [0, 0.1) is 5.92 Å². The number of rotatable bonds is 7. The number of carboxylic acid groups (broad SMARTS) is 1. The highest BCUT2D eigenvalue weighted by Gasteiger charge is 2.31. The number of urea groups is 1. The minimum atomic E-state index is -1.08. The van der Waals surface area contributed by atoms with E-state index in [0.29, 0.717) is 5.02 Å². The van der Waals surface area contributed by atoms with E-state index in [9.17, 15) is 19.5 Å². The molecule has 0 heterocycles. The number of hydrogen-bond acceptors (Lipinski definition) is 3. The second-order valence-electron chi connectivity index (χ2n) is 9.14. The molecule has 1 aliphatic rings. The average molecular weight is 575 g/mol. The van der Waals surface area contributed by atoms with Gasteiger partial charge in [-0.2, -0.15) is 0 Å². The number of benzene rings is 3. The van der Waals surface area contributed by atoms with Crippen LogP contribution in [0.15, 0.2) is 60.7 Å². The van der Waals surface area contributed by atoms with E-state index in [-0.39, 0.29) is 32.9 Å². The van der Waals surface area contributed by atoms with Gasteiger partial charge in [-0.15, -0.1) is 0 Å². The minimum Gasteiger partial charge on any atom is -0.480 e. The Balaban J connectivity index is 1.63. The second kappa shape index (κ2) is 12.5. The van der Waals surface area contributed by atoms with Crippen LogP contribution < -0.4 is 16.0 Å². The molecule has 1 fully saturated rings. The molecule has 1 saturated carbocycles. The van der Waals surface area contributed by atoms with Crippen molar-refractivity contribution in [2.24, 2.45) is 5.92 Å². The first-order valence-corrected chi connectivity index (χ1v) is 13.3. The van der Waals surface area contributed by atoms with Gasteiger partial charge in [0.05, 0.1) is 27.0 Å². The normalized spacial score (nSPS) is 14.4. The van der Waals surface area contributed by atoms with E-state index in [4.69, 9.17) is 34.8 Å². The third-order valence-corrected chi connectivity index (χ3v) is 7.35. The predicted molar refractivity (Wildman–Crippen MR) is 151 cm³/mol. The summed E-state index contributed by atoms with van der Waals surface area (Å²) in [6.07, 6.45) is 4.39. The van der Waals surface area contributed by atoms with Gasteiger partial charge >= 0.3 is 12.0 Å². The number of hydrogen-bond donors (Lipinski definition) is 4. The van der Waals surface area contributed by atoms with Crippen molar-refractivity contribution in [2.75, 3.05) is 10.6 Å². The van der Waals surface area contributed by atoms with Gasteiger partial charge in [-0.3, -0.25) is 4.79 Å². The fourth-order valence-electron chi connectivity index (χ4n) is 4.65. The van der Waals surface area contributed by atoms with Gasteiger partial charge in [0.15, 0.2) is 0 Å². The number of amides is 3. The molecule has 4 rings (SSSR count). The zero-order valence-electron chi connectivity index (χ0n) is 20.3. The van der Waals surface area contributed by atoms with Gasteiger partial charge in [0, 0.05) is 5.02 Å². The zero-order valence-corrected chi connectivity index (χ0v) is 22.5. The summed E-state index contributed by atoms with van der Waals surface area (Å²) in [6.45, 7) is 0. The summed E-state index contributed by atoms with van der Waals surface area (Å²) in [5.41, 5.74) is 2.09. The lowest BCUT2D eigenvalue weighted by Crippen LogP contribution is -2.46. The Bertz CT molecular complexity index is 1320. The van der Waals surface area contributed by atoms with E-state index in [2.05, 4.69) is 16.0 Å². The maximum atomic E-state index is 13.4. The molecule has 3 aromatic rings. The van der Waals surface area contributed by atoms with E-state index >= 15 is 0 Å². The summed E-state index contributed by atoms with van der Waals surface area (Å²) in [6, 6.07) is 15.6. The highest BCUT2D eigenvalue weighted by atomic mass is 35.5. The summed E-state index contributed by atoms with van der Waals surface area (Å²) in [5, 5.41) is 18.4. The average Bonchev–Trinajstić information content (AvgIpc) is 2.90. The number of nitrogens with one attached hydrogen (secondary N) is 3. The summed E-state index contributed by atoms with van der Waals surface area (Å²) >= 11 is 18.4. The van der Waals surface area contributed by atoms with Crippen LogP contribution >= 0.6 is 34.8 Å². The van der Waals surface area contributed by atoms with Gasteiger partial charge in [0.25, 0.3) is 5.91 Å². The Hall–Kier alpha value is -3.26. The van der Waals surface area contributed by atoms with Crippen molar-refractivity contribution in [3.05, 3.63) is 81.3 Å². The second-order valence-corrected chi connectivity index (χ2v) is 10.4. The van der Waals surface area contributed by atoms with Crippen LogP contribution in [0.3, 0.4) is 0 Å². The standard InChI is InChI=1S/C28H26Cl3N3O4/c29-19-14-21(30)25(22(31)15-19)34-28(38)32-23-13-18(16-7-3-1-4-8-16)11-12-20(23)26(35)33-24(27(36)37)17-9-5-2-6-10-17/h1,3-4,7-8,11-15,17,24H,2,5-6,9-10H2,(H,33,35)(H,36,37)(H2,32,34,38). The van der Waals surface area contributed by atoms with Gasteiger partial charge in [0.2, 0.25) is 0 Å². The van der Waals surface area contributed by atoms with Crippen LogP contribution in [0.4, 0.5) is 16.2 Å². The third kappa shape index (κ3) is 6.78. The molecule has 3 amide bonds. The number of carbonyl (C=O) groups excluding carboxylic acids is 2. The molecule has 0 aromatic heterocycles. The van der Waals surface area contributed by atoms with Gasteiger partial charge in [-0.05, 0) is 54.2 Å². The van der Waals surface area contributed by atoms with Crippen LogP contribution in [0.25, 0.3) is 11.1 Å². The van der Waals surface area contributed by atoms with Crippen LogP contribution in [0.2, 0.25) is 15.1 Å². The molecule has 0 saturated heterocycles. The Labute approximate surface area is 235 Å². The lowest BCUT2D eigenvalue weighted by molar-refractivity contribution is -0.141. The molecule has 10 heteroatoms. The van der Waals surface area contributed by atoms with Crippen LogP contribution in [-0.4, -0.2) is 29.1 Å². The van der Waals surface area contributed by atoms with Crippen molar-refractivity contribution >= 4 is 64.1 Å². The maximum absolute atomic E-state index is 13.4. The van der Waals surface area contributed by atoms with Crippen molar-refractivity contribution < 1.29 is 19.5 Å². The fraction of sp³-hybridized carbons (Fsp3) is 0.250. The first-order valence-electron chi connectivity index (χ1n) is 12.2. The quantitative estimate of drug-likeness (QED) is 0.232. The molecule has 0 radical (unpaired) electrons. The highest BCUT2D eigenvalue weighted by molar-refractivity contribution is 6.42. The molecule has 1 atom stereocenters. The molecular weight excluding hydrogens is 549 g/mol. The molecule has 0 bridgehead atoms. The molecule has 38 heavy (non-hydrogen) atoms. The van der Waals surface area contributed by atoms with Gasteiger partial charge in [0.1, 0.15) is 6.04 Å². The first-order chi connectivity index (χ1) is 18.2. The number of carbonyl (C=O) groups is 3. The first kappa shape index (κ1) is 27.8. The molecule has 198 valence electrons. The smallest absolute Gasteiger partial charge is 0.326 e. The molecule has 0 spiro atoms. The largest absolute Gasteiger partial charge is 0.480 e. The maximum Gasteiger partial charge on any atom is 0.326 e. The molecule has 1 unspecified atom stereocenters. The van der Waals surface area contributed by atoms with Crippen LogP contribution in [0.1, 0.15) is 42.5 Å². The van der Waals surface area contributed by atoms with Gasteiger partial charge in [-0.1, -0.05) is 90.5 Å². The van der Waals surface area contributed by atoms with Crippen molar-refractivity contribution in [2.45, 2.75) is 38.1 Å². The number of halogens is 3. The monoisotopic (exact) mass is 573 g/mol. The SMILES string of the molecule is O=C(Nc1cc(-c2ccccc2)ccc1C(=O)NC(C(=O)O)C1CCCCC1)Nc1c(Cl)cc(Cl)cc1Cl.